The summed E-state index contributed by atoms with van der Waals surface area (Å²) >= 11 is 0. The lowest BCUT2D eigenvalue weighted by Crippen LogP contribution is -2.32. The van der Waals surface area contributed by atoms with Crippen molar-refractivity contribution in [2.24, 2.45) is 23.7 Å². The van der Waals surface area contributed by atoms with Gasteiger partial charge in [0.1, 0.15) is 23.1 Å². The van der Waals surface area contributed by atoms with Crippen LogP contribution in [0.3, 0.4) is 0 Å². The molecule has 4 heterocycles. The molecule has 0 radical (unpaired) electrons. The Hall–Kier alpha value is -3.56. The number of hydrogen-bond donors (Lipinski definition) is 4. The van der Waals surface area contributed by atoms with E-state index < -0.39 is 11.9 Å². The third kappa shape index (κ3) is 14.1. The fourth-order valence-corrected chi connectivity index (χ4v) is 7.18. The number of aryl methyl sites for hydroxylation is 2. The minimum Gasteiger partial charge on any atom is -0.506 e. The number of hydrogen-bond acceptors (Lipinski definition) is 8. The van der Waals surface area contributed by atoms with Crippen molar-refractivity contribution in [3.05, 3.63) is 33.6 Å². The number of anilines is 2. The van der Waals surface area contributed by atoms with Crippen molar-refractivity contribution in [2.75, 3.05) is 36.0 Å². The molecule has 0 bridgehead atoms. The molecule has 0 saturated heterocycles. The topological polar surface area (TPSA) is 147 Å². The van der Waals surface area contributed by atoms with Gasteiger partial charge in [0.15, 0.2) is 0 Å². The van der Waals surface area contributed by atoms with Gasteiger partial charge < -0.3 is 30.2 Å². The summed E-state index contributed by atoms with van der Waals surface area (Å²) in [5.74, 6) is 2.55. The van der Waals surface area contributed by atoms with Gasteiger partial charge in [0.25, 0.3) is 0 Å². The fraction of sp³-hybridized carbons (Fsp3) is 0.714. The Morgan fingerprint density at radius 3 is 1.25 bits per heavy atom. The lowest BCUT2D eigenvalue weighted by Gasteiger charge is -2.32. The number of rotatable bonds is 14. The molecule has 4 rings (SSSR count). The number of nitrogens with zero attached hydrogens (tertiary/aromatic N) is 4. The van der Waals surface area contributed by atoms with E-state index in [1.165, 1.54) is 75.3 Å². The van der Waals surface area contributed by atoms with E-state index in [-0.39, 0.29) is 0 Å². The molecule has 10 nitrogen and oxygen atoms in total. The predicted octanol–water partition coefficient (Wildman–Crippen LogP) is 9.17. The first-order valence-corrected chi connectivity index (χ1v) is 19.8. The number of aromatic nitrogens is 2. The van der Waals surface area contributed by atoms with Crippen LogP contribution in [-0.4, -0.2) is 68.5 Å². The van der Waals surface area contributed by atoms with Crippen LogP contribution in [0, 0.1) is 51.4 Å². The molecule has 0 amide bonds. The minimum atomic E-state index is -1.82. The van der Waals surface area contributed by atoms with Crippen molar-refractivity contribution in [1.29, 1.82) is 0 Å². The normalized spacial score (nSPS) is 14.8. The van der Waals surface area contributed by atoms with E-state index in [0.717, 1.165) is 96.8 Å². The number of aliphatic carboxylic acids is 2. The average molecular weight is 727 g/mol. The molecule has 2 aliphatic rings. The molecule has 2 atom stereocenters. The highest BCUT2D eigenvalue weighted by atomic mass is 16.4. The van der Waals surface area contributed by atoms with Crippen LogP contribution in [-0.2, 0) is 22.4 Å². The Bertz CT molecular complexity index is 1340. The van der Waals surface area contributed by atoms with Crippen LogP contribution in [0.15, 0.2) is 0 Å². The third-order valence-corrected chi connectivity index (χ3v) is 10.6. The molecule has 2 unspecified atom stereocenters. The molecular weight excluding hydrogens is 656 g/mol. The van der Waals surface area contributed by atoms with Crippen LogP contribution in [0.1, 0.15) is 139 Å². The van der Waals surface area contributed by atoms with Crippen molar-refractivity contribution < 1.29 is 30.0 Å². The average Bonchev–Trinajstić information content (AvgIpc) is 3.08. The van der Waals surface area contributed by atoms with Gasteiger partial charge in [-0.3, -0.25) is 0 Å². The Kier molecular flexibility index (Phi) is 18.7. The maximum atomic E-state index is 10.1. The summed E-state index contributed by atoms with van der Waals surface area (Å²) in [4.78, 5) is 32.5. The van der Waals surface area contributed by atoms with Gasteiger partial charge in [0, 0.05) is 37.3 Å². The first-order chi connectivity index (χ1) is 24.4. The summed E-state index contributed by atoms with van der Waals surface area (Å²) in [6, 6.07) is 0. The zero-order valence-corrected chi connectivity index (χ0v) is 34.0. The Morgan fingerprint density at radius 2 is 0.942 bits per heavy atom. The second-order valence-corrected chi connectivity index (χ2v) is 16.2. The SMILES string of the molecule is Cc1nc2c(c(C)c1O)CCCN2CCC(C)CCCC(C)C.Cc1nc2c(c(C)c1O)CCCN2CCC(C)CCCC(C)C.O=C(O)C(=O)O. The Morgan fingerprint density at radius 1 is 0.596 bits per heavy atom. The maximum Gasteiger partial charge on any atom is 0.414 e. The monoisotopic (exact) mass is 727 g/mol. The molecule has 2 aliphatic heterocycles. The summed E-state index contributed by atoms with van der Waals surface area (Å²) in [6.45, 7) is 26.2. The quantitative estimate of drug-likeness (QED) is 0.139. The van der Waals surface area contributed by atoms with Crippen molar-refractivity contribution in [1.82, 2.24) is 9.97 Å². The van der Waals surface area contributed by atoms with Crippen molar-refractivity contribution in [3.63, 3.8) is 0 Å². The molecule has 0 saturated carbocycles. The standard InChI is InChI=1S/2C20H34N2O.C2H2O4/c2*1-14(2)8-6-9-15(3)11-13-22-12-7-10-18-16(4)19(23)17(5)21-20(18)22;3-1(4)2(5)6/h2*14-15,23H,6-13H2,1-5H3;(H,3,4)(H,5,6). The molecule has 294 valence electrons. The zero-order chi connectivity index (χ0) is 39.1. The maximum absolute atomic E-state index is 10.1. The number of carboxylic acids is 2. The van der Waals surface area contributed by atoms with Gasteiger partial charge in [-0.05, 0) is 101 Å². The van der Waals surface area contributed by atoms with Crippen LogP contribution in [0.4, 0.5) is 11.6 Å². The van der Waals surface area contributed by atoms with Gasteiger partial charge in [0.2, 0.25) is 0 Å². The molecule has 2 aromatic heterocycles. The lowest BCUT2D eigenvalue weighted by atomic mass is 9.95. The third-order valence-electron chi connectivity index (χ3n) is 10.6. The van der Waals surface area contributed by atoms with E-state index >= 15 is 0 Å². The van der Waals surface area contributed by atoms with E-state index in [1.54, 1.807) is 0 Å². The predicted molar refractivity (Wildman–Crippen MR) is 212 cm³/mol. The van der Waals surface area contributed by atoms with Gasteiger partial charge in [0.05, 0.1) is 11.4 Å². The number of pyridine rings is 2. The van der Waals surface area contributed by atoms with E-state index in [0.29, 0.717) is 11.5 Å². The second kappa shape index (κ2) is 21.8. The minimum absolute atomic E-state index is 0.382. The number of fused-ring (bicyclic) bond motifs is 2. The van der Waals surface area contributed by atoms with Crippen molar-refractivity contribution >= 4 is 23.6 Å². The molecule has 52 heavy (non-hydrogen) atoms. The van der Waals surface area contributed by atoms with E-state index in [9.17, 15) is 10.2 Å². The summed E-state index contributed by atoms with van der Waals surface area (Å²) in [6.07, 6.45) is 14.9. The summed E-state index contributed by atoms with van der Waals surface area (Å²) in [5.41, 5.74) is 6.10. The van der Waals surface area contributed by atoms with E-state index in [2.05, 4.69) is 51.3 Å². The van der Waals surface area contributed by atoms with Gasteiger partial charge in [-0.1, -0.05) is 80.1 Å². The zero-order valence-electron chi connectivity index (χ0n) is 34.0. The largest absolute Gasteiger partial charge is 0.506 e. The Balaban J connectivity index is 0.000000312. The smallest absolute Gasteiger partial charge is 0.414 e. The molecule has 0 aromatic carbocycles. The van der Waals surface area contributed by atoms with Crippen LogP contribution >= 0.6 is 0 Å². The van der Waals surface area contributed by atoms with E-state index in [1.807, 2.05) is 27.7 Å². The molecule has 4 N–H and O–H groups in total. The highest BCUT2D eigenvalue weighted by Gasteiger charge is 2.24. The molecule has 0 fully saturated rings. The van der Waals surface area contributed by atoms with Crippen LogP contribution < -0.4 is 9.80 Å². The molecular formula is C42H70N4O6. The molecule has 2 aromatic rings. The highest BCUT2D eigenvalue weighted by molar-refractivity contribution is 6.27. The number of carboxylic acid groups (broad SMARTS) is 2. The highest BCUT2D eigenvalue weighted by Crippen LogP contribution is 2.36. The Labute approximate surface area is 314 Å². The lowest BCUT2D eigenvalue weighted by molar-refractivity contribution is -0.159. The number of aromatic hydroxyl groups is 2. The fourth-order valence-electron chi connectivity index (χ4n) is 7.18. The van der Waals surface area contributed by atoms with Gasteiger partial charge in [-0.25, -0.2) is 19.6 Å². The molecule has 0 aliphatic carbocycles. The van der Waals surface area contributed by atoms with Gasteiger partial charge in [-0.2, -0.15) is 0 Å². The van der Waals surface area contributed by atoms with Crippen LogP contribution in [0.2, 0.25) is 0 Å². The first kappa shape index (κ1) is 44.6. The molecule has 0 spiro atoms. The molecule has 10 heteroatoms. The van der Waals surface area contributed by atoms with Gasteiger partial charge in [-0.15, -0.1) is 0 Å². The first-order valence-electron chi connectivity index (χ1n) is 19.8. The summed E-state index contributed by atoms with van der Waals surface area (Å²) in [7, 11) is 0. The summed E-state index contributed by atoms with van der Waals surface area (Å²) < 4.78 is 0. The second-order valence-electron chi connectivity index (χ2n) is 16.2. The van der Waals surface area contributed by atoms with Crippen molar-refractivity contribution in [3.8, 4) is 11.5 Å². The van der Waals surface area contributed by atoms with Crippen LogP contribution in [0.25, 0.3) is 0 Å². The number of carbonyl (C=O) groups is 2. The van der Waals surface area contributed by atoms with Gasteiger partial charge >= 0.3 is 11.9 Å². The van der Waals surface area contributed by atoms with Crippen LogP contribution in [0.5, 0.6) is 11.5 Å². The van der Waals surface area contributed by atoms with E-state index in [4.69, 9.17) is 29.8 Å². The van der Waals surface area contributed by atoms with Crippen molar-refractivity contribution in [2.45, 2.75) is 146 Å². The summed E-state index contributed by atoms with van der Waals surface area (Å²) in [5, 5.41) is 35.0.